The second kappa shape index (κ2) is 6.86. The van der Waals surface area contributed by atoms with Crippen molar-refractivity contribution in [2.24, 2.45) is 0 Å². The Labute approximate surface area is 167 Å². The van der Waals surface area contributed by atoms with Crippen molar-refractivity contribution in [3.05, 3.63) is 83.6 Å². The van der Waals surface area contributed by atoms with Crippen LogP contribution in [0.15, 0.2) is 71.8 Å². The van der Waals surface area contributed by atoms with Crippen molar-refractivity contribution in [1.82, 2.24) is 9.12 Å². The van der Waals surface area contributed by atoms with Crippen LogP contribution in [0.25, 0.3) is 16.4 Å². The molecule has 29 heavy (non-hydrogen) atoms. The third-order valence-corrected chi connectivity index (χ3v) is 6.18. The Hall–Kier alpha value is -3.45. The number of carbonyl (C=O) groups excluding carboxylic acids is 2. The van der Waals surface area contributed by atoms with Crippen LogP contribution in [-0.2, 0) is 10.0 Å². The highest BCUT2D eigenvalue weighted by atomic mass is 32.2. The van der Waals surface area contributed by atoms with Crippen molar-refractivity contribution in [3.63, 3.8) is 0 Å². The molecule has 0 aliphatic heterocycles. The fraction of sp³-hybridized carbons (Fsp3) is 0.0909. The number of hydrogen-bond donors (Lipinski definition) is 1. The number of benzene rings is 2. The number of sulfonamides is 1. The second-order valence-electron chi connectivity index (χ2n) is 6.87. The van der Waals surface area contributed by atoms with Crippen molar-refractivity contribution in [3.8, 4) is 0 Å². The van der Waals surface area contributed by atoms with E-state index in [0.29, 0.717) is 22.0 Å². The van der Waals surface area contributed by atoms with Crippen molar-refractivity contribution in [1.29, 1.82) is 0 Å². The highest BCUT2D eigenvalue weighted by Crippen LogP contribution is 2.28. The summed E-state index contributed by atoms with van der Waals surface area (Å²) in [7, 11) is -4.02. The van der Waals surface area contributed by atoms with E-state index >= 15 is 0 Å². The van der Waals surface area contributed by atoms with E-state index in [0.717, 1.165) is 5.56 Å². The number of nitrogens with one attached hydrogen (secondary N) is 1. The highest BCUT2D eigenvalue weighted by molar-refractivity contribution is 7.90. The fourth-order valence-corrected chi connectivity index (χ4v) is 4.30. The summed E-state index contributed by atoms with van der Waals surface area (Å²) in [6.07, 6.45) is 1.77. The maximum Gasteiger partial charge on any atom is 0.267 e. The van der Waals surface area contributed by atoms with E-state index in [1.165, 1.54) is 19.1 Å². The molecule has 146 valence electrons. The summed E-state index contributed by atoms with van der Waals surface area (Å²) >= 11 is 0. The van der Waals surface area contributed by atoms with E-state index in [2.05, 4.69) is 4.72 Å². The summed E-state index contributed by atoms with van der Waals surface area (Å²) < 4.78 is 29.3. The van der Waals surface area contributed by atoms with E-state index in [1.807, 2.05) is 6.92 Å². The molecule has 0 spiro atoms. The van der Waals surface area contributed by atoms with Crippen molar-refractivity contribution >= 4 is 38.1 Å². The Kier molecular flexibility index (Phi) is 4.47. The van der Waals surface area contributed by atoms with E-state index < -0.39 is 15.9 Å². The maximum absolute atomic E-state index is 13.0. The maximum atomic E-state index is 13.0. The summed E-state index contributed by atoms with van der Waals surface area (Å²) in [6.45, 7) is 3.32. The van der Waals surface area contributed by atoms with Crippen LogP contribution < -0.4 is 4.72 Å². The fourth-order valence-electron chi connectivity index (χ4n) is 3.34. The van der Waals surface area contributed by atoms with Gasteiger partial charge in [-0.3, -0.25) is 9.59 Å². The third-order valence-electron chi connectivity index (χ3n) is 4.83. The van der Waals surface area contributed by atoms with E-state index in [1.54, 1.807) is 59.1 Å². The Morgan fingerprint density at radius 1 is 0.931 bits per heavy atom. The smallest absolute Gasteiger partial charge is 0.267 e. The molecule has 2 heterocycles. The van der Waals surface area contributed by atoms with Gasteiger partial charge in [0, 0.05) is 17.1 Å². The Bertz CT molecular complexity index is 1380. The number of aryl methyl sites for hydroxylation is 1. The van der Waals surface area contributed by atoms with Gasteiger partial charge in [-0.1, -0.05) is 35.9 Å². The normalized spacial score (nSPS) is 11.7. The molecule has 0 radical (unpaired) electrons. The molecule has 0 saturated carbocycles. The first-order valence-corrected chi connectivity index (χ1v) is 10.4. The van der Waals surface area contributed by atoms with Crippen molar-refractivity contribution in [2.45, 2.75) is 18.7 Å². The molecule has 1 amide bonds. The highest BCUT2D eigenvalue weighted by Gasteiger charge is 2.24. The second-order valence-corrected chi connectivity index (χ2v) is 8.55. The molecule has 0 aliphatic carbocycles. The average Bonchev–Trinajstić information content (AvgIpc) is 3.01. The monoisotopic (exact) mass is 406 g/mol. The van der Waals surface area contributed by atoms with Crippen molar-refractivity contribution in [2.75, 3.05) is 0 Å². The number of rotatable bonds is 4. The minimum Gasteiger partial charge on any atom is -0.316 e. The number of nitrogens with zero attached hydrogens (tertiary/aromatic N) is 1. The molecular weight excluding hydrogens is 388 g/mol. The van der Waals surface area contributed by atoms with Crippen LogP contribution in [0.3, 0.4) is 0 Å². The predicted molar refractivity (Wildman–Crippen MR) is 111 cm³/mol. The first kappa shape index (κ1) is 18.9. The first-order chi connectivity index (χ1) is 13.8. The lowest BCUT2D eigenvalue weighted by atomic mass is 10.1. The van der Waals surface area contributed by atoms with Crippen LogP contribution in [0.5, 0.6) is 0 Å². The van der Waals surface area contributed by atoms with Crippen LogP contribution in [0.4, 0.5) is 0 Å². The largest absolute Gasteiger partial charge is 0.316 e. The van der Waals surface area contributed by atoms with Gasteiger partial charge in [0.1, 0.15) is 0 Å². The Morgan fingerprint density at radius 3 is 2.34 bits per heavy atom. The zero-order chi connectivity index (χ0) is 20.8. The zero-order valence-electron chi connectivity index (χ0n) is 15.8. The first-order valence-electron chi connectivity index (χ1n) is 8.95. The van der Waals surface area contributed by atoms with E-state index in [-0.39, 0.29) is 16.2 Å². The summed E-state index contributed by atoms with van der Waals surface area (Å²) in [5.41, 5.74) is 2.89. The number of aromatic nitrogens is 1. The number of ketones is 1. The molecular formula is C22H18N2O4S. The average molecular weight is 406 g/mol. The van der Waals surface area contributed by atoms with E-state index in [9.17, 15) is 18.0 Å². The lowest BCUT2D eigenvalue weighted by molar-refractivity contribution is 0.0982. The summed E-state index contributed by atoms with van der Waals surface area (Å²) in [6, 6.07) is 16.6. The third kappa shape index (κ3) is 3.30. The minimum absolute atomic E-state index is 0.0168. The molecule has 0 atom stereocenters. The molecule has 2 aromatic carbocycles. The van der Waals surface area contributed by atoms with Gasteiger partial charge < -0.3 is 4.40 Å². The van der Waals surface area contributed by atoms with E-state index in [4.69, 9.17) is 0 Å². The molecule has 4 rings (SSSR count). The van der Waals surface area contributed by atoms with Crippen LogP contribution >= 0.6 is 0 Å². The summed E-state index contributed by atoms with van der Waals surface area (Å²) in [4.78, 5) is 24.8. The lowest BCUT2D eigenvalue weighted by Gasteiger charge is -2.07. The van der Waals surface area contributed by atoms with Gasteiger partial charge in [-0.25, -0.2) is 13.1 Å². The number of pyridine rings is 1. The molecule has 1 N–H and O–H groups in total. The minimum atomic E-state index is -4.02. The Morgan fingerprint density at radius 2 is 1.66 bits per heavy atom. The Balaban J connectivity index is 1.85. The van der Waals surface area contributed by atoms with Gasteiger partial charge in [0.15, 0.2) is 5.78 Å². The number of hydrogen-bond acceptors (Lipinski definition) is 4. The molecule has 0 saturated heterocycles. The van der Waals surface area contributed by atoms with Crippen LogP contribution in [0, 0.1) is 6.92 Å². The van der Waals surface area contributed by atoms with Gasteiger partial charge in [0.25, 0.3) is 15.9 Å². The molecule has 0 aliphatic rings. The SMILES string of the molecule is CC(=O)c1ccc2c(C(=O)NS(=O)(=O)c3ccc(C)cc3)c3ccccn3c2c1. The van der Waals surface area contributed by atoms with Crippen LogP contribution in [-0.4, -0.2) is 24.5 Å². The summed E-state index contributed by atoms with van der Waals surface area (Å²) in [5, 5.41) is 0.567. The van der Waals surface area contributed by atoms with Gasteiger partial charge in [-0.05, 0) is 44.2 Å². The number of amides is 1. The van der Waals surface area contributed by atoms with Gasteiger partial charge in [-0.2, -0.15) is 0 Å². The topological polar surface area (TPSA) is 84.7 Å². The van der Waals surface area contributed by atoms with Gasteiger partial charge in [0.2, 0.25) is 0 Å². The predicted octanol–water partition coefficient (Wildman–Crippen LogP) is 3.72. The summed E-state index contributed by atoms with van der Waals surface area (Å²) in [5.74, 6) is -0.814. The number of Topliss-reactive ketones (excluding diaryl/α,β-unsaturated/α-hetero) is 1. The molecule has 4 aromatic rings. The van der Waals surface area contributed by atoms with Crippen LogP contribution in [0.1, 0.15) is 33.2 Å². The van der Waals surface area contributed by atoms with Gasteiger partial charge in [0.05, 0.1) is 21.5 Å². The molecule has 0 bridgehead atoms. The number of carbonyl (C=O) groups is 2. The van der Waals surface area contributed by atoms with Gasteiger partial charge in [-0.15, -0.1) is 0 Å². The molecule has 7 heteroatoms. The van der Waals surface area contributed by atoms with Crippen molar-refractivity contribution < 1.29 is 18.0 Å². The molecule has 0 unspecified atom stereocenters. The molecule has 0 fully saturated rings. The lowest BCUT2D eigenvalue weighted by Crippen LogP contribution is -2.30. The quantitative estimate of drug-likeness (QED) is 0.524. The standard InChI is InChI=1S/C22H18N2O4S/c1-14-6-9-17(10-7-14)29(27,28)23-22(26)21-18-11-8-16(15(2)25)13-20(18)24-12-4-3-5-19(21)24/h3-13H,1-2H3,(H,23,26). The van der Waals surface area contributed by atoms with Crippen LogP contribution in [0.2, 0.25) is 0 Å². The number of fused-ring (bicyclic) bond motifs is 3. The molecule has 6 nitrogen and oxygen atoms in total. The van der Waals surface area contributed by atoms with Gasteiger partial charge >= 0.3 is 0 Å². The zero-order valence-corrected chi connectivity index (χ0v) is 16.7. The molecule has 2 aromatic heterocycles.